The molecule has 4 atom stereocenters. The predicted molar refractivity (Wildman–Crippen MR) is 161 cm³/mol. The smallest absolute Gasteiger partial charge is 0.326 e. The number of nitrogens with two attached hydrogens (primary N) is 2. The zero-order valence-corrected chi connectivity index (χ0v) is 24.0. The highest BCUT2D eigenvalue weighted by atomic mass is 16.4. The summed E-state index contributed by atoms with van der Waals surface area (Å²) in [6, 6.07) is 9.62. The number of hydrogen-bond acceptors (Lipinski definition) is 7. The van der Waals surface area contributed by atoms with Crippen LogP contribution in [-0.4, -0.2) is 81.0 Å². The van der Waals surface area contributed by atoms with Crippen LogP contribution in [0.5, 0.6) is 5.75 Å². The molecule has 0 aliphatic carbocycles. The zero-order valence-electron chi connectivity index (χ0n) is 24.0. The maximum absolute atomic E-state index is 13.6. The number of likely N-dealkylation sites (tertiary alicyclic amines) is 1. The third-order valence-corrected chi connectivity index (χ3v) is 7.85. The number of carboxylic acid groups (broad SMARTS) is 1. The van der Waals surface area contributed by atoms with Gasteiger partial charge in [0, 0.05) is 36.5 Å². The van der Waals surface area contributed by atoms with Crippen molar-refractivity contribution in [2.24, 2.45) is 11.5 Å². The number of aliphatic carboxylic acids is 1. The maximum atomic E-state index is 13.6. The van der Waals surface area contributed by atoms with Crippen LogP contribution in [0.15, 0.2) is 54.7 Å². The molecular formula is C31H40N6O6. The van der Waals surface area contributed by atoms with E-state index >= 15 is 0 Å². The van der Waals surface area contributed by atoms with Crippen LogP contribution in [0.4, 0.5) is 0 Å². The van der Waals surface area contributed by atoms with E-state index in [0.717, 1.165) is 22.9 Å². The van der Waals surface area contributed by atoms with Gasteiger partial charge in [-0.2, -0.15) is 0 Å². The molecule has 1 fully saturated rings. The van der Waals surface area contributed by atoms with Crippen molar-refractivity contribution in [2.75, 3.05) is 13.1 Å². The number of phenols is 1. The van der Waals surface area contributed by atoms with Crippen molar-refractivity contribution in [3.05, 3.63) is 65.9 Å². The summed E-state index contributed by atoms with van der Waals surface area (Å²) < 4.78 is 0. The minimum Gasteiger partial charge on any atom is -0.508 e. The molecule has 230 valence electrons. The lowest BCUT2D eigenvalue weighted by Gasteiger charge is -2.28. The summed E-state index contributed by atoms with van der Waals surface area (Å²) in [6.45, 7) is 0.891. The Morgan fingerprint density at radius 3 is 2.47 bits per heavy atom. The number of nitrogens with zero attached hydrogens (tertiary/aromatic N) is 1. The summed E-state index contributed by atoms with van der Waals surface area (Å²) in [4.78, 5) is 57.1. The number of phenolic OH excluding ortho intramolecular Hbond substituents is 1. The van der Waals surface area contributed by atoms with Gasteiger partial charge in [0.25, 0.3) is 0 Å². The lowest BCUT2D eigenvalue weighted by atomic mass is 10.0. The molecule has 9 N–H and O–H groups in total. The van der Waals surface area contributed by atoms with Gasteiger partial charge in [0.1, 0.15) is 23.9 Å². The molecule has 3 aromatic rings. The highest BCUT2D eigenvalue weighted by Gasteiger charge is 2.38. The number of rotatable bonds is 14. The van der Waals surface area contributed by atoms with Gasteiger partial charge >= 0.3 is 5.97 Å². The predicted octanol–water partition coefficient (Wildman–Crippen LogP) is 1.16. The molecule has 1 aromatic heterocycles. The van der Waals surface area contributed by atoms with E-state index in [1.807, 2.05) is 24.3 Å². The Balaban J connectivity index is 1.53. The molecular weight excluding hydrogens is 552 g/mol. The molecule has 1 aliphatic heterocycles. The number of para-hydroxylation sites is 1. The molecule has 0 radical (unpaired) electrons. The number of aromatic amines is 1. The highest BCUT2D eigenvalue weighted by molar-refractivity contribution is 5.95. The topological polar surface area (TPSA) is 204 Å². The Kier molecular flexibility index (Phi) is 10.7. The van der Waals surface area contributed by atoms with E-state index in [2.05, 4.69) is 15.6 Å². The summed E-state index contributed by atoms with van der Waals surface area (Å²) in [5.41, 5.74) is 13.9. The second-order valence-electron chi connectivity index (χ2n) is 11.0. The van der Waals surface area contributed by atoms with Crippen molar-refractivity contribution in [3.63, 3.8) is 0 Å². The number of carbonyl (C=O) groups is 4. The fourth-order valence-electron chi connectivity index (χ4n) is 5.49. The van der Waals surface area contributed by atoms with Gasteiger partial charge < -0.3 is 42.2 Å². The Labute approximate surface area is 249 Å². The number of amides is 3. The Morgan fingerprint density at radius 1 is 1.00 bits per heavy atom. The minimum atomic E-state index is -1.28. The standard InChI is InChI=1S/C31H40N6O6/c32-14-4-3-7-23(33)30(41)37-15-5-9-27(37)29(40)35-25(17-20-18-34-24-8-2-1-6-22(20)24)28(39)36-26(31(42)43)16-19-10-12-21(38)13-11-19/h1-2,6,8,10-13,18,23,25-27,34,38H,3-5,7,9,14-17,32-33H2,(H,35,40)(H,36,39)(H,42,43). The Morgan fingerprint density at radius 2 is 1.74 bits per heavy atom. The van der Waals surface area contributed by atoms with Gasteiger partial charge in [-0.15, -0.1) is 0 Å². The van der Waals surface area contributed by atoms with Gasteiger partial charge in [-0.05, 0) is 61.6 Å². The van der Waals surface area contributed by atoms with Crippen molar-refractivity contribution >= 4 is 34.6 Å². The molecule has 0 bridgehead atoms. The number of unbranched alkanes of at least 4 members (excludes halogenated alkanes) is 1. The minimum absolute atomic E-state index is 0.0257. The molecule has 12 heteroatoms. The van der Waals surface area contributed by atoms with Crippen molar-refractivity contribution in [3.8, 4) is 5.75 Å². The number of nitrogens with one attached hydrogen (secondary N) is 3. The fraction of sp³-hybridized carbons (Fsp3) is 0.419. The van der Waals surface area contributed by atoms with Crippen molar-refractivity contribution in [1.82, 2.24) is 20.5 Å². The van der Waals surface area contributed by atoms with Gasteiger partial charge in [0.15, 0.2) is 0 Å². The highest BCUT2D eigenvalue weighted by Crippen LogP contribution is 2.22. The van der Waals surface area contributed by atoms with Crippen molar-refractivity contribution in [2.45, 2.75) is 69.1 Å². The van der Waals surface area contributed by atoms with Crippen LogP contribution in [-0.2, 0) is 32.0 Å². The van der Waals surface area contributed by atoms with Crippen LogP contribution in [0.3, 0.4) is 0 Å². The Bertz CT molecular complexity index is 1420. The number of hydrogen-bond donors (Lipinski definition) is 7. The van der Waals surface area contributed by atoms with E-state index in [1.54, 1.807) is 18.3 Å². The van der Waals surface area contributed by atoms with Crippen LogP contribution < -0.4 is 22.1 Å². The lowest BCUT2D eigenvalue weighted by molar-refractivity contribution is -0.143. The van der Waals surface area contributed by atoms with Gasteiger partial charge in [0.05, 0.1) is 6.04 Å². The van der Waals surface area contributed by atoms with Crippen LogP contribution in [0, 0.1) is 0 Å². The van der Waals surface area contributed by atoms with E-state index < -0.39 is 42.0 Å². The monoisotopic (exact) mass is 592 g/mol. The Hall–Kier alpha value is -4.42. The third kappa shape index (κ3) is 8.11. The van der Waals surface area contributed by atoms with Crippen LogP contribution in [0.2, 0.25) is 0 Å². The van der Waals surface area contributed by atoms with Gasteiger partial charge in [-0.3, -0.25) is 14.4 Å². The van der Waals surface area contributed by atoms with Gasteiger partial charge in [-0.25, -0.2) is 4.79 Å². The number of benzene rings is 2. The summed E-state index contributed by atoms with van der Waals surface area (Å²) in [5, 5.41) is 25.7. The average molecular weight is 593 g/mol. The molecule has 43 heavy (non-hydrogen) atoms. The molecule has 12 nitrogen and oxygen atoms in total. The average Bonchev–Trinajstić information content (AvgIpc) is 3.65. The molecule has 2 aromatic carbocycles. The molecule has 2 heterocycles. The summed E-state index contributed by atoms with van der Waals surface area (Å²) >= 11 is 0. The number of carboxylic acids is 1. The summed E-state index contributed by atoms with van der Waals surface area (Å²) in [7, 11) is 0. The largest absolute Gasteiger partial charge is 0.508 e. The molecule has 0 spiro atoms. The quantitative estimate of drug-likeness (QED) is 0.135. The first-order chi connectivity index (χ1) is 20.7. The van der Waals surface area contributed by atoms with Crippen LogP contribution in [0.1, 0.15) is 43.2 Å². The fourth-order valence-corrected chi connectivity index (χ4v) is 5.49. The number of aromatic nitrogens is 1. The molecule has 1 aliphatic rings. The molecule has 4 rings (SSSR count). The lowest BCUT2D eigenvalue weighted by Crippen LogP contribution is -2.57. The zero-order chi connectivity index (χ0) is 30.9. The molecule has 3 amide bonds. The van der Waals surface area contributed by atoms with Crippen molar-refractivity contribution in [1.29, 1.82) is 0 Å². The van der Waals surface area contributed by atoms with Crippen molar-refractivity contribution < 1.29 is 29.4 Å². The number of fused-ring (bicyclic) bond motifs is 1. The summed E-state index contributed by atoms with van der Waals surface area (Å²) in [5.74, 6) is -2.68. The normalized spacial score (nSPS) is 16.9. The first kappa shape index (κ1) is 31.5. The first-order valence-electron chi connectivity index (χ1n) is 14.6. The van der Waals surface area contributed by atoms with Crippen LogP contribution >= 0.6 is 0 Å². The number of carbonyl (C=O) groups excluding carboxylic acids is 3. The second kappa shape index (κ2) is 14.7. The van der Waals surface area contributed by atoms with E-state index in [1.165, 1.54) is 17.0 Å². The van der Waals surface area contributed by atoms with E-state index in [0.29, 0.717) is 44.3 Å². The molecule has 1 saturated heterocycles. The van der Waals surface area contributed by atoms with E-state index in [-0.39, 0.29) is 24.5 Å². The van der Waals surface area contributed by atoms with E-state index in [9.17, 15) is 29.4 Å². The van der Waals surface area contributed by atoms with E-state index in [4.69, 9.17) is 11.5 Å². The summed E-state index contributed by atoms with van der Waals surface area (Å²) in [6.07, 6.45) is 4.78. The SMILES string of the molecule is NCCCCC(N)C(=O)N1CCCC1C(=O)NC(Cc1c[nH]c2ccccc12)C(=O)NC(Cc1ccc(O)cc1)C(=O)O. The molecule has 4 unspecified atom stereocenters. The van der Waals surface area contributed by atoms with Gasteiger partial charge in [-0.1, -0.05) is 36.8 Å². The number of H-pyrrole nitrogens is 1. The van der Waals surface area contributed by atoms with Gasteiger partial charge in [0.2, 0.25) is 17.7 Å². The van der Waals surface area contributed by atoms with Crippen LogP contribution in [0.25, 0.3) is 10.9 Å². The second-order valence-corrected chi connectivity index (χ2v) is 11.0. The maximum Gasteiger partial charge on any atom is 0.326 e. The number of aromatic hydroxyl groups is 1. The third-order valence-electron chi connectivity index (χ3n) is 7.85. The first-order valence-corrected chi connectivity index (χ1v) is 14.6. The molecule has 0 saturated carbocycles.